The van der Waals surface area contributed by atoms with E-state index in [0.717, 1.165) is 12.8 Å². The Labute approximate surface area is 97.6 Å². The van der Waals surface area contributed by atoms with Gasteiger partial charge in [-0.05, 0) is 40.8 Å². The fraction of sp³-hybridized carbons (Fsp3) is 0.250. The van der Waals surface area contributed by atoms with E-state index in [1.807, 2.05) is 0 Å². The summed E-state index contributed by atoms with van der Waals surface area (Å²) in [7, 11) is 0. The van der Waals surface area contributed by atoms with Gasteiger partial charge in [-0.15, -0.1) is 0 Å². The number of hydrogen-bond acceptors (Lipinski definition) is 0. The van der Waals surface area contributed by atoms with E-state index in [4.69, 9.17) is 0 Å². The second-order valence-electron chi connectivity index (χ2n) is 4.11. The molecular weight excluding hydrogens is 192 g/mol. The Balaban J connectivity index is 2.46. The molecule has 2 aromatic carbocycles. The summed E-state index contributed by atoms with van der Waals surface area (Å²) in [5.74, 6) is 0. The fourth-order valence-corrected chi connectivity index (χ4v) is 1.89. The molecule has 0 saturated heterocycles. The number of hydrogen-bond donors (Lipinski definition) is 0. The monoisotopic (exact) mass is 210 g/mol. The molecule has 0 aliphatic rings. The van der Waals surface area contributed by atoms with Crippen LogP contribution in [0.25, 0.3) is 16.8 Å². The third-order valence-electron chi connectivity index (χ3n) is 2.88. The quantitative estimate of drug-likeness (QED) is 0.681. The number of rotatable bonds is 3. The standard InChI is InChI=1S/C16H18/c1-3-5-6-14-8-10-15-9-7-13(4-2)11-16(15)12-14/h5-12H,3-4H2,1-2H3/b6-5+. The second kappa shape index (κ2) is 4.98. The summed E-state index contributed by atoms with van der Waals surface area (Å²) in [6.07, 6.45) is 6.58. The van der Waals surface area contributed by atoms with Gasteiger partial charge in [-0.25, -0.2) is 0 Å². The van der Waals surface area contributed by atoms with Gasteiger partial charge in [0.1, 0.15) is 0 Å². The van der Waals surface area contributed by atoms with Gasteiger partial charge in [-0.2, -0.15) is 0 Å². The summed E-state index contributed by atoms with van der Waals surface area (Å²) in [6.45, 7) is 4.36. The van der Waals surface area contributed by atoms with Crippen molar-refractivity contribution in [2.45, 2.75) is 26.7 Å². The van der Waals surface area contributed by atoms with Crippen LogP contribution in [0.1, 0.15) is 31.4 Å². The van der Waals surface area contributed by atoms with Crippen molar-refractivity contribution in [2.24, 2.45) is 0 Å². The van der Waals surface area contributed by atoms with Gasteiger partial charge >= 0.3 is 0 Å². The predicted molar refractivity (Wildman–Crippen MR) is 72.7 cm³/mol. The zero-order valence-corrected chi connectivity index (χ0v) is 10.0. The molecule has 2 rings (SSSR count). The highest BCUT2D eigenvalue weighted by Gasteiger charge is 1.96. The summed E-state index contributed by atoms with van der Waals surface area (Å²) in [4.78, 5) is 0. The topological polar surface area (TPSA) is 0 Å². The molecule has 0 amide bonds. The summed E-state index contributed by atoms with van der Waals surface area (Å²) < 4.78 is 0. The van der Waals surface area contributed by atoms with Crippen LogP contribution < -0.4 is 0 Å². The minimum atomic E-state index is 1.09. The molecule has 0 heteroatoms. The molecule has 0 radical (unpaired) electrons. The van der Waals surface area contributed by atoms with E-state index < -0.39 is 0 Å². The molecule has 2 aromatic rings. The first-order chi connectivity index (χ1) is 7.83. The van der Waals surface area contributed by atoms with Crippen LogP contribution >= 0.6 is 0 Å². The Morgan fingerprint density at radius 2 is 1.75 bits per heavy atom. The normalized spacial score (nSPS) is 11.4. The highest BCUT2D eigenvalue weighted by molar-refractivity contribution is 5.85. The molecule has 82 valence electrons. The van der Waals surface area contributed by atoms with Crippen molar-refractivity contribution in [3.05, 3.63) is 53.6 Å². The molecule has 0 aliphatic carbocycles. The molecule has 0 fully saturated rings. The number of benzene rings is 2. The molecule has 0 saturated carbocycles. The lowest BCUT2D eigenvalue weighted by molar-refractivity contribution is 1.15. The summed E-state index contributed by atoms with van der Waals surface area (Å²) in [5, 5.41) is 2.67. The Bertz CT molecular complexity index is 506. The molecule has 0 heterocycles. The number of aryl methyl sites for hydroxylation is 1. The van der Waals surface area contributed by atoms with E-state index in [2.05, 4.69) is 62.4 Å². The molecule has 0 aliphatic heterocycles. The van der Waals surface area contributed by atoms with Crippen molar-refractivity contribution in [3.63, 3.8) is 0 Å². The van der Waals surface area contributed by atoms with Crippen molar-refractivity contribution in [3.8, 4) is 0 Å². The smallest absolute Gasteiger partial charge is 0.0175 e. The Morgan fingerprint density at radius 3 is 2.50 bits per heavy atom. The summed E-state index contributed by atoms with van der Waals surface area (Å²) in [5.41, 5.74) is 2.70. The van der Waals surface area contributed by atoms with Crippen molar-refractivity contribution in [1.29, 1.82) is 0 Å². The first kappa shape index (κ1) is 10.9. The third-order valence-corrected chi connectivity index (χ3v) is 2.88. The lowest BCUT2D eigenvalue weighted by atomic mass is 10.0. The van der Waals surface area contributed by atoms with Crippen LogP contribution in [0.3, 0.4) is 0 Å². The van der Waals surface area contributed by atoms with Crippen molar-refractivity contribution >= 4 is 16.8 Å². The van der Waals surface area contributed by atoms with Gasteiger partial charge in [0.25, 0.3) is 0 Å². The fourth-order valence-electron chi connectivity index (χ4n) is 1.89. The molecule has 16 heavy (non-hydrogen) atoms. The molecule has 0 spiro atoms. The minimum Gasteiger partial charge on any atom is -0.0842 e. The molecule has 0 nitrogen and oxygen atoms in total. The van der Waals surface area contributed by atoms with Crippen molar-refractivity contribution in [1.82, 2.24) is 0 Å². The summed E-state index contributed by atoms with van der Waals surface area (Å²) >= 11 is 0. The maximum atomic E-state index is 2.29. The zero-order valence-electron chi connectivity index (χ0n) is 10.0. The average Bonchev–Trinajstić information content (AvgIpc) is 2.35. The van der Waals surface area contributed by atoms with Gasteiger partial charge in [0.15, 0.2) is 0 Å². The first-order valence-electron chi connectivity index (χ1n) is 6.02. The van der Waals surface area contributed by atoms with Crippen LogP contribution in [0.4, 0.5) is 0 Å². The number of allylic oxidation sites excluding steroid dienone is 1. The minimum absolute atomic E-state index is 1.09. The van der Waals surface area contributed by atoms with Gasteiger partial charge < -0.3 is 0 Å². The molecule has 0 N–H and O–H groups in total. The highest BCUT2D eigenvalue weighted by Crippen LogP contribution is 2.19. The predicted octanol–water partition coefficient (Wildman–Crippen LogP) is 4.83. The van der Waals surface area contributed by atoms with Gasteiger partial charge in [-0.1, -0.05) is 56.3 Å². The maximum absolute atomic E-state index is 2.29. The van der Waals surface area contributed by atoms with Crippen molar-refractivity contribution < 1.29 is 0 Å². The van der Waals surface area contributed by atoms with E-state index in [0.29, 0.717) is 0 Å². The molecule has 0 aromatic heterocycles. The van der Waals surface area contributed by atoms with Gasteiger partial charge in [0, 0.05) is 0 Å². The maximum Gasteiger partial charge on any atom is -0.0175 e. The lowest BCUT2D eigenvalue weighted by Crippen LogP contribution is -1.81. The van der Waals surface area contributed by atoms with Crippen LogP contribution in [-0.4, -0.2) is 0 Å². The Kier molecular flexibility index (Phi) is 3.40. The lowest BCUT2D eigenvalue weighted by Gasteiger charge is -2.02. The average molecular weight is 210 g/mol. The molecule has 0 unspecified atom stereocenters. The molecule has 0 bridgehead atoms. The SMILES string of the molecule is CC/C=C/c1ccc2ccc(CC)cc2c1. The van der Waals surface area contributed by atoms with Crippen LogP contribution in [0.15, 0.2) is 42.5 Å². The van der Waals surface area contributed by atoms with E-state index in [1.54, 1.807) is 0 Å². The second-order valence-corrected chi connectivity index (χ2v) is 4.11. The van der Waals surface area contributed by atoms with Gasteiger partial charge in [0.05, 0.1) is 0 Å². The van der Waals surface area contributed by atoms with E-state index in [9.17, 15) is 0 Å². The largest absolute Gasteiger partial charge is 0.0842 e. The van der Waals surface area contributed by atoms with Crippen molar-refractivity contribution in [2.75, 3.05) is 0 Å². The molecule has 0 atom stereocenters. The summed E-state index contributed by atoms with van der Waals surface area (Å²) in [6, 6.07) is 13.4. The number of fused-ring (bicyclic) bond motifs is 1. The van der Waals surface area contributed by atoms with Crippen LogP contribution in [-0.2, 0) is 6.42 Å². The van der Waals surface area contributed by atoms with Crippen LogP contribution in [0, 0.1) is 0 Å². The van der Waals surface area contributed by atoms with Gasteiger partial charge in [-0.3, -0.25) is 0 Å². The zero-order chi connectivity index (χ0) is 11.4. The van der Waals surface area contributed by atoms with E-state index >= 15 is 0 Å². The Hall–Kier alpha value is -1.56. The van der Waals surface area contributed by atoms with Gasteiger partial charge in [0.2, 0.25) is 0 Å². The van der Waals surface area contributed by atoms with Crippen LogP contribution in [0.5, 0.6) is 0 Å². The third kappa shape index (κ3) is 2.33. The Morgan fingerprint density at radius 1 is 0.938 bits per heavy atom. The van der Waals surface area contributed by atoms with E-state index in [-0.39, 0.29) is 0 Å². The first-order valence-corrected chi connectivity index (χ1v) is 6.02. The highest BCUT2D eigenvalue weighted by atomic mass is 14.0. The van der Waals surface area contributed by atoms with E-state index in [1.165, 1.54) is 21.9 Å². The van der Waals surface area contributed by atoms with Crippen LogP contribution in [0.2, 0.25) is 0 Å². The molecular formula is C16H18.